The summed E-state index contributed by atoms with van der Waals surface area (Å²) in [6.07, 6.45) is 0.942. The van der Waals surface area contributed by atoms with Crippen molar-refractivity contribution in [2.75, 3.05) is 13.6 Å². The topological polar surface area (TPSA) is 36.4 Å². The minimum absolute atomic E-state index is 0.172. The molecule has 0 bridgehead atoms. The van der Waals surface area contributed by atoms with Crippen LogP contribution in [0, 0.1) is 12.7 Å². The average Bonchev–Trinajstić information content (AvgIpc) is 2.55. The van der Waals surface area contributed by atoms with Crippen LogP contribution in [0.5, 0.6) is 0 Å². The van der Waals surface area contributed by atoms with E-state index in [0.29, 0.717) is 12.1 Å². The van der Waals surface area contributed by atoms with Gasteiger partial charge in [-0.05, 0) is 36.1 Å². The fraction of sp³-hybridized carbons (Fsp3) is 0.278. The molecule has 0 aliphatic heterocycles. The van der Waals surface area contributed by atoms with E-state index in [2.05, 4.69) is 27.8 Å². The lowest BCUT2D eigenvalue weighted by Crippen LogP contribution is -2.37. The van der Waals surface area contributed by atoms with Gasteiger partial charge in [-0.2, -0.15) is 0 Å². The molecule has 0 aliphatic carbocycles. The highest BCUT2D eigenvalue weighted by Gasteiger charge is 2.01. The molecule has 2 aromatic carbocycles. The van der Waals surface area contributed by atoms with Crippen LogP contribution >= 0.6 is 0 Å². The zero-order chi connectivity index (χ0) is 15.8. The van der Waals surface area contributed by atoms with Gasteiger partial charge >= 0.3 is 0 Å². The van der Waals surface area contributed by atoms with Gasteiger partial charge in [0.2, 0.25) is 0 Å². The maximum Gasteiger partial charge on any atom is 0.191 e. The van der Waals surface area contributed by atoms with E-state index in [-0.39, 0.29) is 5.82 Å². The van der Waals surface area contributed by atoms with Gasteiger partial charge in [0, 0.05) is 20.1 Å². The average molecular weight is 299 g/mol. The summed E-state index contributed by atoms with van der Waals surface area (Å²) in [6, 6.07) is 15.4. The Morgan fingerprint density at radius 3 is 2.50 bits per heavy atom. The third-order valence-electron chi connectivity index (χ3n) is 3.45. The molecule has 0 atom stereocenters. The van der Waals surface area contributed by atoms with Crippen molar-refractivity contribution < 1.29 is 4.39 Å². The van der Waals surface area contributed by atoms with Crippen LogP contribution < -0.4 is 10.6 Å². The van der Waals surface area contributed by atoms with Crippen LogP contribution in [0.25, 0.3) is 0 Å². The Balaban J connectivity index is 1.78. The number of nitrogens with zero attached hydrogens (tertiary/aromatic N) is 1. The monoisotopic (exact) mass is 299 g/mol. The lowest BCUT2D eigenvalue weighted by atomic mass is 10.1. The summed E-state index contributed by atoms with van der Waals surface area (Å²) in [5.74, 6) is 0.576. The summed E-state index contributed by atoms with van der Waals surface area (Å²) in [5, 5.41) is 6.51. The molecule has 0 heterocycles. The molecular formula is C18H22FN3. The number of hydrogen-bond donors (Lipinski definition) is 2. The second-order valence-corrected chi connectivity index (χ2v) is 5.17. The number of rotatable bonds is 5. The summed E-state index contributed by atoms with van der Waals surface area (Å²) >= 11 is 0. The van der Waals surface area contributed by atoms with E-state index >= 15 is 0 Å². The first-order chi connectivity index (χ1) is 10.7. The molecule has 4 heteroatoms. The Labute approximate surface area is 131 Å². The van der Waals surface area contributed by atoms with Gasteiger partial charge in [-0.3, -0.25) is 4.99 Å². The second-order valence-electron chi connectivity index (χ2n) is 5.17. The number of guanidine groups is 1. The predicted molar refractivity (Wildman–Crippen MR) is 89.5 cm³/mol. The SMILES string of the molecule is CN=C(NCCc1ccccc1)NCc1ccc(F)c(C)c1. The van der Waals surface area contributed by atoms with Crippen molar-refractivity contribution in [1.82, 2.24) is 10.6 Å². The van der Waals surface area contributed by atoms with Crippen molar-refractivity contribution in [3.63, 3.8) is 0 Å². The van der Waals surface area contributed by atoms with E-state index in [1.54, 1.807) is 20.0 Å². The molecule has 0 unspecified atom stereocenters. The lowest BCUT2D eigenvalue weighted by Gasteiger charge is -2.12. The summed E-state index contributed by atoms with van der Waals surface area (Å²) in [4.78, 5) is 4.19. The fourth-order valence-electron chi connectivity index (χ4n) is 2.19. The van der Waals surface area contributed by atoms with Crippen molar-refractivity contribution in [3.8, 4) is 0 Å². The van der Waals surface area contributed by atoms with Crippen LogP contribution in [0.4, 0.5) is 4.39 Å². The van der Waals surface area contributed by atoms with E-state index in [9.17, 15) is 4.39 Å². The van der Waals surface area contributed by atoms with Gasteiger partial charge in [0.05, 0.1) is 0 Å². The maximum absolute atomic E-state index is 13.2. The van der Waals surface area contributed by atoms with Crippen molar-refractivity contribution >= 4 is 5.96 Å². The molecule has 3 nitrogen and oxygen atoms in total. The van der Waals surface area contributed by atoms with E-state index in [1.807, 2.05) is 24.3 Å². The smallest absolute Gasteiger partial charge is 0.191 e. The minimum atomic E-state index is -0.172. The number of benzene rings is 2. The van der Waals surface area contributed by atoms with E-state index in [0.717, 1.165) is 24.5 Å². The zero-order valence-electron chi connectivity index (χ0n) is 13.1. The van der Waals surface area contributed by atoms with Gasteiger partial charge in [0.15, 0.2) is 5.96 Å². The number of nitrogens with one attached hydrogen (secondary N) is 2. The third kappa shape index (κ3) is 4.88. The number of aryl methyl sites for hydroxylation is 1. The fourth-order valence-corrected chi connectivity index (χ4v) is 2.19. The largest absolute Gasteiger partial charge is 0.356 e. The highest BCUT2D eigenvalue weighted by Crippen LogP contribution is 2.08. The van der Waals surface area contributed by atoms with Gasteiger partial charge in [-0.1, -0.05) is 42.5 Å². The molecule has 2 rings (SSSR count). The van der Waals surface area contributed by atoms with Crippen LogP contribution in [0.1, 0.15) is 16.7 Å². The second kappa shape index (κ2) is 8.17. The van der Waals surface area contributed by atoms with E-state index in [1.165, 1.54) is 11.6 Å². The standard InChI is InChI=1S/C18H22FN3/c1-14-12-16(8-9-17(14)19)13-22-18(20-2)21-11-10-15-6-4-3-5-7-15/h3-9,12H,10-11,13H2,1-2H3,(H2,20,21,22). The highest BCUT2D eigenvalue weighted by molar-refractivity contribution is 5.79. The lowest BCUT2D eigenvalue weighted by molar-refractivity contribution is 0.617. The van der Waals surface area contributed by atoms with Crippen molar-refractivity contribution in [1.29, 1.82) is 0 Å². The van der Waals surface area contributed by atoms with Gasteiger partial charge in [0.1, 0.15) is 5.82 Å². The quantitative estimate of drug-likeness (QED) is 0.657. The molecule has 0 aliphatic rings. The van der Waals surface area contributed by atoms with Crippen molar-refractivity contribution in [2.45, 2.75) is 19.9 Å². The molecule has 2 N–H and O–H groups in total. The highest BCUT2D eigenvalue weighted by atomic mass is 19.1. The first kappa shape index (κ1) is 16.0. The number of hydrogen-bond acceptors (Lipinski definition) is 1. The molecule has 0 radical (unpaired) electrons. The molecule has 0 saturated heterocycles. The molecule has 2 aromatic rings. The minimum Gasteiger partial charge on any atom is -0.356 e. The first-order valence-corrected chi connectivity index (χ1v) is 7.42. The number of halogens is 1. The van der Waals surface area contributed by atoms with Crippen LogP contribution in [-0.2, 0) is 13.0 Å². The van der Waals surface area contributed by atoms with Gasteiger partial charge in [0.25, 0.3) is 0 Å². The molecule has 116 valence electrons. The Morgan fingerprint density at radius 1 is 1.05 bits per heavy atom. The normalized spacial score (nSPS) is 11.3. The van der Waals surface area contributed by atoms with Crippen molar-refractivity contribution in [2.24, 2.45) is 4.99 Å². The molecular weight excluding hydrogens is 277 g/mol. The molecule has 0 amide bonds. The van der Waals surface area contributed by atoms with Crippen LogP contribution in [0.2, 0.25) is 0 Å². The van der Waals surface area contributed by atoms with Gasteiger partial charge < -0.3 is 10.6 Å². The summed E-state index contributed by atoms with van der Waals surface area (Å²) in [7, 11) is 1.74. The van der Waals surface area contributed by atoms with Crippen LogP contribution in [0.3, 0.4) is 0 Å². The van der Waals surface area contributed by atoms with Crippen LogP contribution in [-0.4, -0.2) is 19.6 Å². The van der Waals surface area contributed by atoms with E-state index < -0.39 is 0 Å². The molecule has 0 aromatic heterocycles. The Bertz CT molecular complexity index is 623. The molecule has 0 saturated carbocycles. The zero-order valence-corrected chi connectivity index (χ0v) is 13.1. The van der Waals surface area contributed by atoms with E-state index in [4.69, 9.17) is 0 Å². The molecule has 22 heavy (non-hydrogen) atoms. The Kier molecular flexibility index (Phi) is 5.95. The molecule has 0 spiro atoms. The molecule has 0 fully saturated rings. The Hall–Kier alpha value is -2.36. The van der Waals surface area contributed by atoms with Gasteiger partial charge in [-0.25, -0.2) is 4.39 Å². The number of aliphatic imine (C=N–C) groups is 1. The third-order valence-corrected chi connectivity index (χ3v) is 3.45. The summed E-state index contributed by atoms with van der Waals surface area (Å²) in [5.41, 5.74) is 2.98. The summed E-state index contributed by atoms with van der Waals surface area (Å²) < 4.78 is 13.2. The summed E-state index contributed by atoms with van der Waals surface area (Å²) in [6.45, 7) is 3.20. The van der Waals surface area contributed by atoms with Crippen molar-refractivity contribution in [3.05, 3.63) is 71.0 Å². The van der Waals surface area contributed by atoms with Crippen LogP contribution in [0.15, 0.2) is 53.5 Å². The maximum atomic E-state index is 13.2. The van der Waals surface area contributed by atoms with Gasteiger partial charge in [-0.15, -0.1) is 0 Å². The predicted octanol–water partition coefficient (Wildman–Crippen LogP) is 3.04. The Morgan fingerprint density at radius 2 is 1.82 bits per heavy atom. The first-order valence-electron chi connectivity index (χ1n) is 7.42.